The lowest BCUT2D eigenvalue weighted by molar-refractivity contribution is -0.143. The zero-order valence-electron chi connectivity index (χ0n) is 17.8. The maximum atomic E-state index is 13.2. The topological polar surface area (TPSA) is 58.6 Å². The van der Waals surface area contributed by atoms with Crippen LogP contribution in [0.3, 0.4) is 0 Å². The number of hydrogen-bond donors (Lipinski definition) is 1. The Morgan fingerprint density at radius 2 is 1.61 bits per heavy atom. The number of rotatable bonds is 10. The van der Waals surface area contributed by atoms with E-state index in [0.717, 1.165) is 0 Å². The van der Waals surface area contributed by atoms with E-state index in [1.54, 1.807) is 42.5 Å². The Kier molecular flexibility index (Phi) is 9.94. The van der Waals surface area contributed by atoms with Crippen LogP contribution < -0.4 is 10.1 Å². The Bertz CT molecular complexity index is 885. The molecule has 31 heavy (non-hydrogen) atoms. The van der Waals surface area contributed by atoms with Crippen LogP contribution in [0.1, 0.15) is 32.8 Å². The Morgan fingerprint density at radius 1 is 1.00 bits per heavy atom. The normalized spacial score (nSPS) is 11.8. The fourth-order valence-corrected chi connectivity index (χ4v) is 3.69. The molecular weight excluding hydrogens is 459 g/mol. The molecule has 0 heterocycles. The number of hydrogen-bond acceptors (Lipinski definition) is 3. The van der Waals surface area contributed by atoms with Gasteiger partial charge in [0.05, 0.1) is 5.02 Å². The van der Waals surface area contributed by atoms with Crippen molar-refractivity contribution in [2.45, 2.75) is 39.8 Å². The molecule has 0 aliphatic carbocycles. The van der Waals surface area contributed by atoms with Crippen LogP contribution >= 0.6 is 34.8 Å². The van der Waals surface area contributed by atoms with E-state index in [4.69, 9.17) is 39.5 Å². The van der Waals surface area contributed by atoms with Gasteiger partial charge in [0.25, 0.3) is 5.91 Å². The summed E-state index contributed by atoms with van der Waals surface area (Å²) in [5, 5.41) is 4.16. The summed E-state index contributed by atoms with van der Waals surface area (Å²) < 4.78 is 5.63. The molecule has 0 aromatic heterocycles. The molecule has 5 nitrogen and oxygen atoms in total. The third kappa shape index (κ3) is 7.30. The van der Waals surface area contributed by atoms with Gasteiger partial charge < -0.3 is 15.0 Å². The second-order valence-corrected chi connectivity index (χ2v) is 8.73. The second kappa shape index (κ2) is 12.2. The predicted molar refractivity (Wildman–Crippen MR) is 126 cm³/mol. The van der Waals surface area contributed by atoms with Gasteiger partial charge in [-0.3, -0.25) is 9.59 Å². The summed E-state index contributed by atoms with van der Waals surface area (Å²) in [6.07, 6.45) is 0.420. The zero-order valence-corrected chi connectivity index (χ0v) is 20.1. The molecule has 0 aliphatic heterocycles. The first-order valence-electron chi connectivity index (χ1n) is 10.1. The van der Waals surface area contributed by atoms with E-state index < -0.39 is 6.04 Å². The lowest BCUT2D eigenvalue weighted by Gasteiger charge is -2.31. The van der Waals surface area contributed by atoms with Gasteiger partial charge in [0.15, 0.2) is 6.61 Å². The molecule has 2 amide bonds. The molecule has 0 bridgehead atoms. The average molecular weight is 486 g/mol. The minimum Gasteiger partial charge on any atom is -0.482 e. The molecule has 2 aromatic rings. The number of ether oxygens (including phenoxy) is 1. The van der Waals surface area contributed by atoms with Crippen molar-refractivity contribution in [1.82, 2.24) is 10.2 Å². The van der Waals surface area contributed by atoms with Gasteiger partial charge in [-0.15, -0.1) is 0 Å². The molecule has 1 atom stereocenters. The number of benzene rings is 2. The average Bonchev–Trinajstić information content (AvgIpc) is 2.73. The van der Waals surface area contributed by atoms with E-state index in [1.807, 2.05) is 20.8 Å². The minimum absolute atomic E-state index is 0.0802. The maximum absolute atomic E-state index is 13.2. The number of carbonyl (C=O) groups excluding carboxylic acids is 2. The number of para-hydroxylation sites is 1. The molecule has 0 unspecified atom stereocenters. The van der Waals surface area contributed by atoms with Crippen LogP contribution in [0.5, 0.6) is 5.75 Å². The van der Waals surface area contributed by atoms with Gasteiger partial charge in [-0.05, 0) is 36.6 Å². The monoisotopic (exact) mass is 484 g/mol. The summed E-state index contributed by atoms with van der Waals surface area (Å²) in [4.78, 5) is 27.5. The second-order valence-electron chi connectivity index (χ2n) is 7.50. The third-order valence-electron chi connectivity index (χ3n) is 4.65. The Labute approximate surface area is 198 Å². The third-order valence-corrected chi connectivity index (χ3v) is 5.67. The van der Waals surface area contributed by atoms with Gasteiger partial charge in [0.1, 0.15) is 11.8 Å². The summed E-state index contributed by atoms with van der Waals surface area (Å²) in [5.41, 5.74) is 0.576. The van der Waals surface area contributed by atoms with Crippen LogP contribution in [0, 0.1) is 5.92 Å². The van der Waals surface area contributed by atoms with Gasteiger partial charge in [0, 0.05) is 28.7 Å². The van der Waals surface area contributed by atoms with Gasteiger partial charge in [-0.2, -0.15) is 0 Å². The summed E-state index contributed by atoms with van der Waals surface area (Å²) >= 11 is 18.8. The van der Waals surface area contributed by atoms with Crippen LogP contribution in [-0.2, 0) is 16.1 Å². The number of nitrogens with zero attached hydrogens (tertiary/aromatic N) is 1. The summed E-state index contributed by atoms with van der Waals surface area (Å²) in [6.45, 7) is 6.18. The number of carbonyl (C=O) groups is 2. The van der Waals surface area contributed by atoms with Crippen LogP contribution in [0.4, 0.5) is 0 Å². The first kappa shape index (κ1) is 25.3. The molecule has 8 heteroatoms. The van der Waals surface area contributed by atoms with Crippen LogP contribution in [0.25, 0.3) is 0 Å². The van der Waals surface area contributed by atoms with E-state index >= 15 is 0 Å². The van der Waals surface area contributed by atoms with Crippen LogP contribution in [0.15, 0.2) is 42.5 Å². The van der Waals surface area contributed by atoms with E-state index in [1.165, 1.54) is 4.90 Å². The summed E-state index contributed by atoms with van der Waals surface area (Å²) in [7, 11) is 0. The SMILES string of the molecule is CC[C@H](C(=O)NCC(C)C)N(Cc1c(Cl)cccc1Cl)C(=O)COc1ccccc1Cl. The smallest absolute Gasteiger partial charge is 0.261 e. The van der Waals surface area contributed by atoms with Gasteiger partial charge >= 0.3 is 0 Å². The van der Waals surface area contributed by atoms with E-state index in [9.17, 15) is 9.59 Å². The van der Waals surface area contributed by atoms with Crippen molar-refractivity contribution in [2.24, 2.45) is 5.92 Å². The Balaban J connectivity index is 2.28. The fourth-order valence-electron chi connectivity index (χ4n) is 2.98. The highest BCUT2D eigenvalue weighted by atomic mass is 35.5. The molecule has 0 saturated heterocycles. The highest BCUT2D eigenvalue weighted by Gasteiger charge is 2.30. The largest absolute Gasteiger partial charge is 0.482 e. The zero-order chi connectivity index (χ0) is 23.0. The molecular formula is C23H27Cl3N2O3. The molecule has 0 radical (unpaired) electrons. The van der Waals surface area contributed by atoms with Crippen molar-refractivity contribution in [3.8, 4) is 5.75 Å². The van der Waals surface area contributed by atoms with Crippen molar-refractivity contribution in [1.29, 1.82) is 0 Å². The van der Waals surface area contributed by atoms with Crippen molar-refractivity contribution >= 4 is 46.6 Å². The molecule has 0 saturated carbocycles. The predicted octanol–water partition coefficient (Wildman–Crippen LogP) is 5.61. The quantitative estimate of drug-likeness (QED) is 0.476. The Hall–Kier alpha value is -1.95. The first-order valence-corrected chi connectivity index (χ1v) is 11.2. The van der Waals surface area contributed by atoms with E-state index in [-0.39, 0.29) is 30.9 Å². The van der Waals surface area contributed by atoms with Gasteiger partial charge in [-0.1, -0.05) is 73.8 Å². The standard InChI is InChI=1S/C23H27Cl3N2O3/c1-4-20(23(30)27-12-15(2)3)28(13-16-17(24)9-7-10-18(16)25)22(29)14-31-21-11-6-5-8-19(21)26/h5-11,15,20H,4,12-14H2,1-3H3,(H,27,30)/t20-/m1/s1. The molecule has 2 rings (SSSR count). The Morgan fingerprint density at radius 3 is 2.19 bits per heavy atom. The number of nitrogens with one attached hydrogen (secondary N) is 1. The molecule has 0 aliphatic rings. The molecule has 2 aromatic carbocycles. The minimum atomic E-state index is -0.701. The molecule has 1 N–H and O–H groups in total. The first-order chi connectivity index (χ1) is 14.7. The summed E-state index contributed by atoms with van der Waals surface area (Å²) in [6, 6.07) is 11.3. The fraction of sp³-hybridized carbons (Fsp3) is 0.391. The van der Waals surface area contributed by atoms with Crippen molar-refractivity contribution in [2.75, 3.05) is 13.2 Å². The molecule has 168 valence electrons. The summed E-state index contributed by atoms with van der Waals surface area (Å²) in [5.74, 6) is 0.0747. The number of halogens is 3. The maximum Gasteiger partial charge on any atom is 0.261 e. The van der Waals surface area contributed by atoms with Crippen LogP contribution in [-0.4, -0.2) is 35.9 Å². The molecule has 0 spiro atoms. The number of amides is 2. The highest BCUT2D eigenvalue weighted by Crippen LogP contribution is 2.27. The molecule has 0 fully saturated rings. The van der Waals surface area contributed by atoms with Crippen molar-refractivity contribution in [3.05, 3.63) is 63.1 Å². The van der Waals surface area contributed by atoms with Crippen molar-refractivity contribution < 1.29 is 14.3 Å². The van der Waals surface area contributed by atoms with Crippen molar-refractivity contribution in [3.63, 3.8) is 0 Å². The highest BCUT2D eigenvalue weighted by molar-refractivity contribution is 6.36. The van der Waals surface area contributed by atoms with E-state index in [0.29, 0.717) is 39.3 Å². The lowest BCUT2D eigenvalue weighted by atomic mass is 10.1. The van der Waals surface area contributed by atoms with Gasteiger partial charge in [0.2, 0.25) is 5.91 Å². The lowest BCUT2D eigenvalue weighted by Crippen LogP contribution is -2.50. The van der Waals surface area contributed by atoms with Gasteiger partial charge in [-0.25, -0.2) is 0 Å². The van der Waals surface area contributed by atoms with Crippen LogP contribution in [0.2, 0.25) is 15.1 Å². The van der Waals surface area contributed by atoms with E-state index in [2.05, 4.69) is 5.32 Å².